The zero-order valence-electron chi connectivity index (χ0n) is 13.6. The maximum absolute atomic E-state index is 3.64. The van der Waals surface area contributed by atoms with Crippen LogP contribution in [0.4, 0.5) is 0 Å². The second kappa shape index (κ2) is 10.3. The number of benzene rings is 1. The largest absolute Gasteiger partial charge is 0.316 e. The highest BCUT2D eigenvalue weighted by atomic mass is 32.2. The summed E-state index contributed by atoms with van der Waals surface area (Å²) in [4.78, 5) is 0. The maximum Gasteiger partial charge on any atom is 0.00203 e. The summed E-state index contributed by atoms with van der Waals surface area (Å²) in [6, 6.07) is 8.87. The van der Waals surface area contributed by atoms with Crippen molar-refractivity contribution in [3.8, 4) is 0 Å². The van der Waals surface area contributed by atoms with E-state index in [1.165, 1.54) is 35.5 Å². The highest BCUT2D eigenvalue weighted by molar-refractivity contribution is 7.99. The van der Waals surface area contributed by atoms with Crippen LogP contribution in [0.2, 0.25) is 0 Å². The van der Waals surface area contributed by atoms with Crippen LogP contribution in [0.5, 0.6) is 0 Å². The van der Waals surface area contributed by atoms with E-state index in [1.807, 2.05) is 0 Å². The highest BCUT2D eigenvalue weighted by Crippen LogP contribution is 2.24. The molecule has 0 saturated carbocycles. The van der Waals surface area contributed by atoms with E-state index in [9.17, 15) is 0 Å². The summed E-state index contributed by atoms with van der Waals surface area (Å²) in [6.07, 6.45) is 2.61. The Kier molecular flexibility index (Phi) is 9.04. The summed E-state index contributed by atoms with van der Waals surface area (Å²) in [5.41, 5.74) is 2.97. The molecule has 1 N–H and O–H groups in total. The lowest BCUT2D eigenvalue weighted by Crippen LogP contribution is -2.26. The van der Waals surface area contributed by atoms with Crippen LogP contribution in [0.25, 0.3) is 0 Å². The molecule has 1 unspecified atom stereocenters. The monoisotopic (exact) mass is 293 g/mol. The average Bonchev–Trinajstić information content (AvgIpc) is 2.42. The van der Waals surface area contributed by atoms with E-state index >= 15 is 0 Å². The molecular formula is C18H31NS. The van der Waals surface area contributed by atoms with Crippen LogP contribution >= 0.6 is 11.8 Å². The van der Waals surface area contributed by atoms with Crippen LogP contribution in [0, 0.1) is 12.8 Å². The van der Waals surface area contributed by atoms with Gasteiger partial charge in [-0.3, -0.25) is 0 Å². The Bertz CT molecular complexity index is 362. The fourth-order valence-corrected chi connectivity index (χ4v) is 3.19. The van der Waals surface area contributed by atoms with Gasteiger partial charge in [0.05, 0.1) is 0 Å². The molecule has 0 aromatic heterocycles. The van der Waals surface area contributed by atoms with Gasteiger partial charge in [-0.1, -0.05) is 45.0 Å². The lowest BCUT2D eigenvalue weighted by molar-refractivity contribution is 0.497. The van der Waals surface area contributed by atoms with Gasteiger partial charge in [0.2, 0.25) is 0 Å². The van der Waals surface area contributed by atoms with E-state index in [1.54, 1.807) is 0 Å². The SMILES string of the molecule is CCSCCCC(CNCC(C)C)c1ccccc1C. The molecule has 0 aliphatic rings. The van der Waals surface area contributed by atoms with Crippen molar-refractivity contribution in [1.29, 1.82) is 0 Å². The fraction of sp³-hybridized carbons (Fsp3) is 0.667. The zero-order valence-corrected chi connectivity index (χ0v) is 14.4. The first-order valence-corrected chi connectivity index (χ1v) is 9.14. The van der Waals surface area contributed by atoms with Crippen molar-refractivity contribution in [3.05, 3.63) is 35.4 Å². The molecule has 1 aromatic carbocycles. The van der Waals surface area contributed by atoms with Crippen molar-refractivity contribution in [3.63, 3.8) is 0 Å². The van der Waals surface area contributed by atoms with Gasteiger partial charge in [-0.2, -0.15) is 11.8 Å². The van der Waals surface area contributed by atoms with Gasteiger partial charge >= 0.3 is 0 Å². The summed E-state index contributed by atoms with van der Waals surface area (Å²) >= 11 is 2.06. The van der Waals surface area contributed by atoms with Crippen molar-refractivity contribution < 1.29 is 0 Å². The molecule has 1 nitrogen and oxygen atoms in total. The molecule has 0 aliphatic carbocycles. The number of thioether (sulfide) groups is 1. The van der Waals surface area contributed by atoms with E-state index in [0.29, 0.717) is 5.92 Å². The minimum atomic E-state index is 0.660. The van der Waals surface area contributed by atoms with Crippen LogP contribution in [0.15, 0.2) is 24.3 Å². The molecule has 2 heteroatoms. The molecule has 114 valence electrons. The predicted molar refractivity (Wildman–Crippen MR) is 93.9 cm³/mol. The molecule has 1 atom stereocenters. The predicted octanol–water partition coefficient (Wildman–Crippen LogP) is 4.86. The van der Waals surface area contributed by atoms with Crippen molar-refractivity contribution in [2.75, 3.05) is 24.6 Å². The second-order valence-corrected chi connectivity index (χ2v) is 7.34. The normalized spacial score (nSPS) is 12.8. The quantitative estimate of drug-likeness (QED) is 0.618. The van der Waals surface area contributed by atoms with Crippen LogP contribution in [-0.4, -0.2) is 24.6 Å². The van der Waals surface area contributed by atoms with Gasteiger partial charge in [-0.05, 0) is 60.8 Å². The molecule has 0 fully saturated rings. The molecule has 0 bridgehead atoms. The standard InChI is InChI=1S/C18H31NS/c1-5-20-12-8-10-17(14-19-13-15(2)3)18-11-7-6-9-16(18)4/h6-7,9,11,15,17,19H,5,8,10,12-14H2,1-4H3. The summed E-state index contributed by atoms with van der Waals surface area (Å²) in [7, 11) is 0. The number of rotatable bonds is 10. The summed E-state index contributed by atoms with van der Waals surface area (Å²) in [6.45, 7) is 11.3. The Morgan fingerprint density at radius 3 is 2.55 bits per heavy atom. The lowest BCUT2D eigenvalue weighted by Gasteiger charge is -2.21. The Hall–Kier alpha value is -0.470. The van der Waals surface area contributed by atoms with Gasteiger partial charge in [0.25, 0.3) is 0 Å². The molecule has 1 rings (SSSR count). The van der Waals surface area contributed by atoms with Crippen LogP contribution in [0.3, 0.4) is 0 Å². The van der Waals surface area contributed by atoms with E-state index < -0.39 is 0 Å². The van der Waals surface area contributed by atoms with Gasteiger partial charge in [-0.25, -0.2) is 0 Å². The summed E-state index contributed by atoms with van der Waals surface area (Å²) in [5, 5.41) is 3.64. The summed E-state index contributed by atoms with van der Waals surface area (Å²) in [5.74, 6) is 3.92. The third-order valence-corrected chi connectivity index (χ3v) is 4.60. The van der Waals surface area contributed by atoms with Crippen LogP contribution in [0.1, 0.15) is 50.7 Å². The smallest absolute Gasteiger partial charge is 0.00203 e. The van der Waals surface area contributed by atoms with Gasteiger partial charge in [0, 0.05) is 6.54 Å². The minimum absolute atomic E-state index is 0.660. The van der Waals surface area contributed by atoms with Crippen LogP contribution < -0.4 is 5.32 Å². The maximum atomic E-state index is 3.64. The van der Waals surface area contributed by atoms with Crippen LogP contribution in [-0.2, 0) is 0 Å². The molecule has 0 heterocycles. The Labute approximate surface area is 129 Å². The molecular weight excluding hydrogens is 262 g/mol. The third-order valence-electron chi connectivity index (χ3n) is 3.62. The Balaban J connectivity index is 2.56. The van der Waals surface area contributed by atoms with Gasteiger partial charge in [0.15, 0.2) is 0 Å². The van der Waals surface area contributed by atoms with Crippen molar-refractivity contribution >= 4 is 11.8 Å². The van der Waals surface area contributed by atoms with E-state index in [0.717, 1.165) is 19.0 Å². The Morgan fingerprint density at radius 2 is 1.90 bits per heavy atom. The zero-order chi connectivity index (χ0) is 14.8. The number of nitrogens with one attached hydrogen (secondary N) is 1. The number of aryl methyl sites for hydroxylation is 1. The topological polar surface area (TPSA) is 12.0 Å². The van der Waals surface area contributed by atoms with E-state index in [4.69, 9.17) is 0 Å². The van der Waals surface area contributed by atoms with Crippen molar-refractivity contribution in [2.24, 2.45) is 5.92 Å². The second-order valence-electron chi connectivity index (χ2n) is 5.94. The van der Waals surface area contributed by atoms with Gasteiger partial charge in [0.1, 0.15) is 0 Å². The first-order chi connectivity index (χ1) is 9.65. The minimum Gasteiger partial charge on any atom is -0.316 e. The van der Waals surface area contributed by atoms with Crippen molar-refractivity contribution in [1.82, 2.24) is 5.32 Å². The Morgan fingerprint density at radius 1 is 1.15 bits per heavy atom. The van der Waals surface area contributed by atoms with Gasteiger partial charge < -0.3 is 5.32 Å². The first kappa shape index (κ1) is 17.6. The molecule has 0 radical (unpaired) electrons. The fourth-order valence-electron chi connectivity index (χ4n) is 2.53. The molecule has 0 aliphatic heterocycles. The molecule has 0 amide bonds. The summed E-state index contributed by atoms with van der Waals surface area (Å²) < 4.78 is 0. The number of hydrogen-bond acceptors (Lipinski definition) is 2. The molecule has 0 saturated heterocycles. The highest BCUT2D eigenvalue weighted by Gasteiger charge is 2.13. The van der Waals surface area contributed by atoms with E-state index in [2.05, 4.69) is 69.0 Å². The molecule has 20 heavy (non-hydrogen) atoms. The molecule has 0 spiro atoms. The first-order valence-electron chi connectivity index (χ1n) is 7.99. The van der Waals surface area contributed by atoms with Crippen molar-refractivity contribution in [2.45, 2.75) is 46.5 Å². The number of hydrogen-bond donors (Lipinski definition) is 1. The molecule has 1 aromatic rings. The third kappa shape index (κ3) is 6.81. The van der Waals surface area contributed by atoms with Gasteiger partial charge in [-0.15, -0.1) is 0 Å². The lowest BCUT2D eigenvalue weighted by atomic mass is 9.91. The van der Waals surface area contributed by atoms with E-state index in [-0.39, 0.29) is 0 Å². The average molecular weight is 294 g/mol.